The molecule has 0 saturated heterocycles. The summed E-state index contributed by atoms with van der Waals surface area (Å²) in [6.07, 6.45) is 6.01. The van der Waals surface area contributed by atoms with Gasteiger partial charge in [0.1, 0.15) is 12.4 Å². The molecule has 0 aromatic carbocycles. The van der Waals surface area contributed by atoms with E-state index in [0.29, 0.717) is 12.3 Å². The van der Waals surface area contributed by atoms with Crippen LogP contribution in [-0.2, 0) is 19.6 Å². The van der Waals surface area contributed by atoms with Crippen LogP contribution in [0.25, 0.3) is 0 Å². The third kappa shape index (κ3) is 6.07. The van der Waals surface area contributed by atoms with Crippen LogP contribution in [0, 0.1) is 5.92 Å². The smallest absolute Gasteiger partial charge is 0.306 e. The number of ether oxygens (including phenoxy) is 1. The molecule has 0 heterocycles. The maximum Gasteiger partial charge on any atom is 0.306 e. The Bertz CT molecular complexity index is 316. The highest BCUT2D eigenvalue weighted by molar-refractivity contribution is 7.85. The molecule has 0 aromatic heterocycles. The van der Waals surface area contributed by atoms with E-state index >= 15 is 0 Å². The SMILES string of the molecule is O=C(CC1CCCCC1)OCCS(=O)(=O)O. The maximum absolute atomic E-state index is 11.3. The molecule has 0 aliphatic heterocycles. The number of carbonyl (C=O) groups is 1. The lowest BCUT2D eigenvalue weighted by Crippen LogP contribution is -2.18. The zero-order valence-corrected chi connectivity index (χ0v) is 10.0. The quantitative estimate of drug-likeness (QED) is 0.589. The van der Waals surface area contributed by atoms with Crippen molar-refractivity contribution in [2.45, 2.75) is 38.5 Å². The van der Waals surface area contributed by atoms with Gasteiger partial charge in [0.15, 0.2) is 0 Å². The normalized spacial score (nSPS) is 18.3. The number of esters is 1. The summed E-state index contributed by atoms with van der Waals surface area (Å²) in [5.41, 5.74) is 0. The van der Waals surface area contributed by atoms with Gasteiger partial charge in [0.05, 0.1) is 0 Å². The molecule has 0 spiro atoms. The van der Waals surface area contributed by atoms with Crippen LogP contribution >= 0.6 is 0 Å². The van der Waals surface area contributed by atoms with Gasteiger partial charge in [-0.3, -0.25) is 9.35 Å². The number of hydrogen-bond acceptors (Lipinski definition) is 4. The van der Waals surface area contributed by atoms with Crippen molar-refractivity contribution in [2.75, 3.05) is 12.4 Å². The van der Waals surface area contributed by atoms with Gasteiger partial charge in [0.25, 0.3) is 10.1 Å². The van der Waals surface area contributed by atoms with E-state index in [0.717, 1.165) is 25.7 Å². The molecule has 5 nitrogen and oxygen atoms in total. The molecule has 1 aliphatic carbocycles. The zero-order valence-electron chi connectivity index (χ0n) is 9.22. The van der Waals surface area contributed by atoms with E-state index in [1.807, 2.05) is 0 Å². The van der Waals surface area contributed by atoms with Crippen LogP contribution in [0.4, 0.5) is 0 Å². The minimum absolute atomic E-state index is 0.260. The van der Waals surface area contributed by atoms with Gasteiger partial charge < -0.3 is 4.74 Å². The summed E-state index contributed by atoms with van der Waals surface area (Å²) in [4.78, 5) is 11.3. The first kappa shape index (κ1) is 13.4. The average molecular weight is 250 g/mol. The summed E-state index contributed by atoms with van der Waals surface area (Å²) in [6, 6.07) is 0. The van der Waals surface area contributed by atoms with Crippen LogP contribution in [0.1, 0.15) is 38.5 Å². The lowest BCUT2D eigenvalue weighted by molar-refractivity contribution is -0.144. The van der Waals surface area contributed by atoms with Gasteiger partial charge in [-0.2, -0.15) is 8.42 Å². The Morgan fingerprint density at radius 2 is 1.88 bits per heavy atom. The first-order valence-corrected chi connectivity index (χ1v) is 7.19. The van der Waals surface area contributed by atoms with Crippen LogP contribution in [0.5, 0.6) is 0 Å². The molecule has 0 aromatic rings. The van der Waals surface area contributed by atoms with Crippen molar-refractivity contribution >= 4 is 16.1 Å². The lowest BCUT2D eigenvalue weighted by atomic mass is 9.87. The fraction of sp³-hybridized carbons (Fsp3) is 0.900. The molecule has 0 atom stereocenters. The highest BCUT2D eigenvalue weighted by Gasteiger charge is 2.18. The molecule has 1 N–H and O–H groups in total. The predicted molar refractivity (Wildman–Crippen MR) is 58.6 cm³/mol. The molecule has 1 rings (SSSR count). The van der Waals surface area contributed by atoms with E-state index in [2.05, 4.69) is 0 Å². The fourth-order valence-electron chi connectivity index (χ4n) is 1.95. The molecule has 94 valence electrons. The second kappa shape index (κ2) is 6.20. The zero-order chi connectivity index (χ0) is 12.0. The van der Waals surface area contributed by atoms with Gasteiger partial charge in [-0.25, -0.2) is 0 Å². The number of rotatable bonds is 5. The monoisotopic (exact) mass is 250 g/mol. The van der Waals surface area contributed by atoms with Gasteiger partial charge in [-0.15, -0.1) is 0 Å². The van der Waals surface area contributed by atoms with Crippen LogP contribution in [0.2, 0.25) is 0 Å². The van der Waals surface area contributed by atoms with E-state index < -0.39 is 15.9 Å². The topological polar surface area (TPSA) is 80.7 Å². The third-order valence-electron chi connectivity index (χ3n) is 2.78. The van der Waals surface area contributed by atoms with E-state index in [-0.39, 0.29) is 12.6 Å². The Morgan fingerprint density at radius 3 is 2.44 bits per heavy atom. The largest absolute Gasteiger partial charge is 0.464 e. The highest BCUT2D eigenvalue weighted by Crippen LogP contribution is 2.26. The van der Waals surface area contributed by atoms with Gasteiger partial charge in [0, 0.05) is 6.42 Å². The molecule has 0 unspecified atom stereocenters. The molecule has 16 heavy (non-hydrogen) atoms. The Labute approximate surface area is 95.9 Å². The summed E-state index contributed by atoms with van der Waals surface area (Å²) in [6.45, 7) is -0.260. The number of carbonyl (C=O) groups excluding carboxylic acids is 1. The van der Waals surface area contributed by atoms with E-state index in [1.165, 1.54) is 6.42 Å². The van der Waals surface area contributed by atoms with Crippen molar-refractivity contribution in [3.63, 3.8) is 0 Å². The number of hydrogen-bond donors (Lipinski definition) is 1. The van der Waals surface area contributed by atoms with Crippen molar-refractivity contribution in [1.29, 1.82) is 0 Å². The van der Waals surface area contributed by atoms with Crippen molar-refractivity contribution in [2.24, 2.45) is 5.92 Å². The van der Waals surface area contributed by atoms with E-state index in [4.69, 9.17) is 9.29 Å². The first-order chi connectivity index (χ1) is 7.47. The second-order valence-corrected chi connectivity index (χ2v) is 5.79. The first-order valence-electron chi connectivity index (χ1n) is 5.58. The molecule has 1 aliphatic rings. The second-order valence-electron chi connectivity index (χ2n) is 4.21. The summed E-state index contributed by atoms with van der Waals surface area (Å²) < 4.78 is 33.9. The van der Waals surface area contributed by atoms with Crippen LogP contribution in [0.3, 0.4) is 0 Å². The summed E-state index contributed by atoms with van der Waals surface area (Å²) in [7, 11) is -4.03. The molecule has 0 amide bonds. The van der Waals surface area contributed by atoms with Gasteiger partial charge in [-0.1, -0.05) is 19.3 Å². The standard InChI is InChI=1S/C10H18O5S/c11-10(15-6-7-16(12,13)14)8-9-4-2-1-3-5-9/h9H,1-8H2,(H,12,13,14). The molecule has 1 saturated carbocycles. The Hall–Kier alpha value is -0.620. The Kier molecular flexibility index (Phi) is 5.21. The van der Waals surface area contributed by atoms with Crippen LogP contribution in [-0.4, -0.2) is 31.3 Å². The van der Waals surface area contributed by atoms with Gasteiger partial charge in [-0.05, 0) is 18.8 Å². The molecule has 0 bridgehead atoms. The summed E-state index contributed by atoms with van der Waals surface area (Å²) in [5, 5.41) is 0. The lowest BCUT2D eigenvalue weighted by Gasteiger charge is -2.20. The molecule has 6 heteroatoms. The van der Waals surface area contributed by atoms with Crippen molar-refractivity contribution in [1.82, 2.24) is 0 Å². The van der Waals surface area contributed by atoms with Crippen molar-refractivity contribution < 1.29 is 22.5 Å². The van der Waals surface area contributed by atoms with Crippen LogP contribution in [0.15, 0.2) is 0 Å². The maximum atomic E-state index is 11.3. The summed E-state index contributed by atoms with van der Waals surface area (Å²) >= 11 is 0. The van der Waals surface area contributed by atoms with Gasteiger partial charge in [0.2, 0.25) is 0 Å². The Balaban J connectivity index is 2.15. The van der Waals surface area contributed by atoms with Crippen molar-refractivity contribution in [3.05, 3.63) is 0 Å². The highest BCUT2D eigenvalue weighted by atomic mass is 32.2. The predicted octanol–water partition coefficient (Wildman–Crippen LogP) is 1.39. The average Bonchev–Trinajstić information content (AvgIpc) is 2.17. The molecular formula is C10H18O5S. The van der Waals surface area contributed by atoms with E-state index in [9.17, 15) is 13.2 Å². The minimum atomic E-state index is -4.03. The molecule has 0 radical (unpaired) electrons. The van der Waals surface area contributed by atoms with E-state index in [1.54, 1.807) is 0 Å². The van der Waals surface area contributed by atoms with Gasteiger partial charge >= 0.3 is 5.97 Å². The molecular weight excluding hydrogens is 232 g/mol. The third-order valence-corrected chi connectivity index (χ3v) is 3.47. The van der Waals surface area contributed by atoms with Crippen LogP contribution < -0.4 is 0 Å². The van der Waals surface area contributed by atoms with Crippen molar-refractivity contribution in [3.8, 4) is 0 Å². The fourth-order valence-corrected chi connectivity index (χ4v) is 2.24. The minimum Gasteiger partial charge on any atom is -0.464 e. The summed E-state index contributed by atoms with van der Waals surface area (Å²) in [5.74, 6) is -0.508. The Morgan fingerprint density at radius 1 is 1.25 bits per heavy atom. The molecule has 1 fully saturated rings.